The van der Waals surface area contributed by atoms with Crippen LogP contribution in [0.1, 0.15) is 18.2 Å². The van der Waals surface area contributed by atoms with E-state index in [9.17, 15) is 9.50 Å². The van der Waals surface area contributed by atoms with Gasteiger partial charge >= 0.3 is 0 Å². The third-order valence-electron chi connectivity index (χ3n) is 3.61. The molecule has 0 spiro atoms. The van der Waals surface area contributed by atoms with Gasteiger partial charge in [-0.2, -0.15) is 0 Å². The second-order valence-electron chi connectivity index (χ2n) is 5.59. The number of halogens is 1. The van der Waals surface area contributed by atoms with Crippen LogP contribution in [0.25, 0.3) is 10.4 Å². The summed E-state index contributed by atoms with van der Waals surface area (Å²) in [5.41, 5.74) is 0.774. The average Bonchev–Trinajstić information content (AvgIpc) is 2.96. The van der Waals surface area contributed by atoms with Crippen LogP contribution in [0.2, 0.25) is 0 Å². The monoisotopic (exact) mass is 323 g/mol. The lowest BCUT2D eigenvalue weighted by Crippen LogP contribution is -2.46. The van der Waals surface area contributed by atoms with Crippen LogP contribution >= 0.6 is 11.3 Å². The van der Waals surface area contributed by atoms with Crippen molar-refractivity contribution in [1.82, 2.24) is 5.32 Å². The Hall–Kier alpha value is -1.27. The smallest absolute Gasteiger partial charge is 0.123 e. The highest BCUT2D eigenvalue weighted by molar-refractivity contribution is 7.15. The van der Waals surface area contributed by atoms with Gasteiger partial charge in [0.2, 0.25) is 0 Å². The fraction of sp³-hybridized carbons (Fsp3) is 0.412. The van der Waals surface area contributed by atoms with Crippen molar-refractivity contribution in [3.8, 4) is 10.4 Å². The predicted molar refractivity (Wildman–Crippen MR) is 88.5 cm³/mol. The molecule has 22 heavy (non-hydrogen) atoms. The topological polar surface area (TPSA) is 41.5 Å². The third-order valence-corrected chi connectivity index (χ3v) is 4.74. The Morgan fingerprint density at radius 1 is 1.23 bits per heavy atom. The first kappa shape index (κ1) is 17.1. The van der Waals surface area contributed by atoms with Crippen LogP contribution in [-0.2, 0) is 11.3 Å². The second-order valence-corrected chi connectivity index (χ2v) is 6.76. The summed E-state index contributed by atoms with van der Waals surface area (Å²) in [5, 5.41) is 12.6. The molecule has 0 saturated carbocycles. The van der Waals surface area contributed by atoms with Crippen molar-refractivity contribution in [3.63, 3.8) is 0 Å². The van der Waals surface area contributed by atoms with Gasteiger partial charge in [-0.25, -0.2) is 4.39 Å². The molecule has 2 N–H and O–H groups in total. The van der Waals surface area contributed by atoms with Gasteiger partial charge in [0, 0.05) is 35.6 Å². The molecule has 0 aliphatic carbocycles. The van der Waals surface area contributed by atoms with Crippen LogP contribution in [0.4, 0.5) is 4.39 Å². The van der Waals surface area contributed by atoms with Gasteiger partial charge in [-0.05, 0) is 43.2 Å². The van der Waals surface area contributed by atoms with Crippen molar-refractivity contribution in [3.05, 3.63) is 47.1 Å². The van der Waals surface area contributed by atoms with Crippen molar-refractivity contribution in [2.24, 2.45) is 0 Å². The van der Waals surface area contributed by atoms with Crippen molar-refractivity contribution < 1.29 is 14.2 Å². The lowest BCUT2D eigenvalue weighted by molar-refractivity contribution is 0.0971. The Labute approximate surface area is 134 Å². The Morgan fingerprint density at radius 2 is 1.95 bits per heavy atom. The van der Waals surface area contributed by atoms with Gasteiger partial charge in [-0.3, -0.25) is 0 Å². The van der Waals surface area contributed by atoms with E-state index in [2.05, 4.69) is 17.4 Å². The maximum absolute atomic E-state index is 13.0. The summed E-state index contributed by atoms with van der Waals surface area (Å²) < 4.78 is 18.2. The number of aliphatic hydroxyl groups excluding tert-OH is 1. The molecule has 0 saturated heterocycles. The number of aliphatic hydroxyl groups is 1. The molecule has 2 aromatic rings. The summed E-state index contributed by atoms with van der Waals surface area (Å²) in [5.74, 6) is -0.221. The summed E-state index contributed by atoms with van der Waals surface area (Å²) in [7, 11) is 1.66. The first-order valence-electron chi connectivity index (χ1n) is 7.26. The molecule has 0 aliphatic rings. The Kier molecular flexibility index (Phi) is 6.08. The van der Waals surface area contributed by atoms with Crippen LogP contribution in [0.5, 0.6) is 0 Å². The van der Waals surface area contributed by atoms with Crippen molar-refractivity contribution in [1.29, 1.82) is 0 Å². The number of hydrogen-bond acceptors (Lipinski definition) is 4. The van der Waals surface area contributed by atoms with Crippen molar-refractivity contribution in [2.45, 2.75) is 25.4 Å². The zero-order chi connectivity index (χ0) is 16.0. The zero-order valence-corrected chi connectivity index (χ0v) is 13.8. The molecule has 1 aromatic heterocycles. The van der Waals surface area contributed by atoms with Gasteiger partial charge < -0.3 is 15.2 Å². The number of hydrogen-bond donors (Lipinski definition) is 2. The minimum Gasteiger partial charge on any atom is -0.396 e. The highest BCUT2D eigenvalue weighted by Gasteiger charge is 2.23. The number of benzene rings is 1. The summed E-state index contributed by atoms with van der Waals surface area (Å²) in [6, 6.07) is 10.7. The molecule has 0 bridgehead atoms. The van der Waals surface area contributed by atoms with Gasteiger partial charge in [-0.1, -0.05) is 12.1 Å². The van der Waals surface area contributed by atoms with Crippen molar-refractivity contribution >= 4 is 11.3 Å². The van der Waals surface area contributed by atoms with E-state index in [0.29, 0.717) is 19.6 Å². The summed E-state index contributed by atoms with van der Waals surface area (Å²) in [6.45, 7) is 3.43. The molecule has 0 fully saturated rings. The molecule has 1 unspecified atom stereocenters. The molecule has 0 radical (unpaired) electrons. The fourth-order valence-electron chi connectivity index (χ4n) is 2.32. The molecule has 2 rings (SSSR count). The number of thiophene rings is 1. The lowest BCUT2D eigenvalue weighted by Gasteiger charge is -2.29. The minimum absolute atomic E-state index is 0.123. The van der Waals surface area contributed by atoms with Crippen LogP contribution < -0.4 is 5.32 Å². The Morgan fingerprint density at radius 3 is 2.59 bits per heavy atom. The SMILES string of the molecule is COCC(C)(CCO)NCc1ccc(-c2ccc(F)cc2)s1. The highest BCUT2D eigenvalue weighted by Crippen LogP contribution is 2.28. The number of ether oxygens (including phenoxy) is 1. The maximum atomic E-state index is 13.0. The maximum Gasteiger partial charge on any atom is 0.123 e. The van der Waals surface area contributed by atoms with Gasteiger partial charge in [0.15, 0.2) is 0 Å². The normalized spacial score (nSPS) is 14.0. The van der Waals surface area contributed by atoms with E-state index >= 15 is 0 Å². The van der Waals surface area contributed by atoms with E-state index < -0.39 is 0 Å². The Bertz CT molecular complexity index is 577. The molecule has 5 heteroatoms. The van der Waals surface area contributed by atoms with Gasteiger partial charge in [0.1, 0.15) is 5.82 Å². The van der Waals surface area contributed by atoms with E-state index in [-0.39, 0.29) is 18.0 Å². The molecular weight excluding hydrogens is 301 g/mol. The van der Waals surface area contributed by atoms with E-state index in [1.165, 1.54) is 17.0 Å². The summed E-state index contributed by atoms with van der Waals surface area (Å²) >= 11 is 1.68. The largest absolute Gasteiger partial charge is 0.396 e. The Balaban J connectivity index is 2.01. The van der Waals surface area contributed by atoms with Crippen LogP contribution in [0.15, 0.2) is 36.4 Å². The number of rotatable bonds is 8. The van der Waals surface area contributed by atoms with Gasteiger partial charge in [0.25, 0.3) is 0 Å². The molecule has 3 nitrogen and oxygen atoms in total. The van der Waals surface area contributed by atoms with E-state index in [4.69, 9.17) is 4.74 Å². The second kappa shape index (κ2) is 7.83. The number of methoxy groups -OCH3 is 1. The minimum atomic E-state index is -0.246. The quantitative estimate of drug-likeness (QED) is 0.782. The van der Waals surface area contributed by atoms with E-state index in [1.54, 1.807) is 30.6 Å². The first-order valence-corrected chi connectivity index (χ1v) is 8.07. The molecule has 0 amide bonds. The molecule has 0 aliphatic heterocycles. The van der Waals surface area contributed by atoms with Crippen LogP contribution in [-0.4, -0.2) is 31.0 Å². The van der Waals surface area contributed by atoms with Crippen LogP contribution in [0.3, 0.4) is 0 Å². The highest BCUT2D eigenvalue weighted by atomic mass is 32.1. The number of nitrogens with one attached hydrogen (secondary N) is 1. The standard InChI is InChI=1S/C17H22FNO2S/c1-17(9-10-20,12-21-2)19-11-15-7-8-16(22-15)13-3-5-14(18)6-4-13/h3-8,19-20H,9-12H2,1-2H3. The average molecular weight is 323 g/mol. The summed E-state index contributed by atoms with van der Waals surface area (Å²) in [6.07, 6.45) is 0.636. The zero-order valence-electron chi connectivity index (χ0n) is 12.9. The summed E-state index contributed by atoms with van der Waals surface area (Å²) in [4.78, 5) is 2.31. The van der Waals surface area contributed by atoms with E-state index in [0.717, 1.165) is 10.4 Å². The van der Waals surface area contributed by atoms with Crippen molar-refractivity contribution in [2.75, 3.05) is 20.3 Å². The van der Waals surface area contributed by atoms with Crippen LogP contribution in [0, 0.1) is 5.82 Å². The molecule has 120 valence electrons. The fourth-order valence-corrected chi connectivity index (χ4v) is 3.27. The lowest BCUT2D eigenvalue weighted by atomic mass is 9.99. The first-order chi connectivity index (χ1) is 10.6. The van der Waals surface area contributed by atoms with Gasteiger partial charge in [-0.15, -0.1) is 11.3 Å². The predicted octanol–water partition coefficient (Wildman–Crippen LogP) is 3.43. The molecule has 1 aromatic carbocycles. The third kappa shape index (κ3) is 4.61. The van der Waals surface area contributed by atoms with Gasteiger partial charge in [0.05, 0.1) is 6.61 Å². The van der Waals surface area contributed by atoms with E-state index in [1.807, 2.05) is 6.92 Å². The molecular formula is C17H22FNO2S. The molecule has 1 heterocycles. The molecule has 1 atom stereocenters.